The van der Waals surface area contributed by atoms with E-state index < -0.39 is 0 Å². The Morgan fingerprint density at radius 3 is 0.603 bits per heavy atom. The first-order valence-corrected chi connectivity index (χ1v) is 19.4. The second-order valence-electron chi connectivity index (χ2n) is 14.5. The van der Waals surface area contributed by atoms with Gasteiger partial charge in [-0.05, 0) is 89.5 Å². The average molecular weight is 805 g/mol. The molecule has 0 saturated heterocycles. The lowest BCUT2D eigenvalue weighted by Crippen LogP contribution is -2.06. The van der Waals surface area contributed by atoms with Crippen molar-refractivity contribution in [3.8, 4) is 104 Å². The first-order valence-electron chi connectivity index (χ1n) is 19.4. The van der Waals surface area contributed by atoms with Crippen LogP contribution in [0.3, 0.4) is 0 Å². The number of benzene rings is 6. The van der Waals surface area contributed by atoms with E-state index in [2.05, 4.69) is 36.4 Å². The maximum Gasteiger partial charge on any atom is 0.169 e. The highest BCUT2D eigenvalue weighted by atomic mass is 15.5. The molecule has 0 radical (unpaired) electrons. The van der Waals surface area contributed by atoms with Crippen LogP contribution in [-0.4, -0.2) is 28.8 Å². The van der Waals surface area contributed by atoms with Gasteiger partial charge in [0.15, 0.2) is 16.9 Å². The highest BCUT2D eigenvalue weighted by molar-refractivity contribution is 6.00. The van der Waals surface area contributed by atoms with Crippen LogP contribution < -0.4 is 0 Å². The van der Waals surface area contributed by atoms with Crippen molar-refractivity contribution in [3.05, 3.63) is 179 Å². The van der Waals surface area contributed by atoms with Crippen LogP contribution in [-0.2, 0) is 0 Å². The van der Waals surface area contributed by atoms with Crippen molar-refractivity contribution in [1.29, 1.82) is 31.6 Å². The highest BCUT2D eigenvalue weighted by Crippen LogP contribution is 2.44. The molecule has 10 rings (SSSR count). The Bertz CT molecular complexity index is 3310. The predicted molar refractivity (Wildman–Crippen MR) is 234 cm³/mol. The lowest BCUT2D eigenvalue weighted by molar-refractivity contribution is 0.832. The number of rotatable bonds is 6. The molecule has 12 nitrogen and oxygen atoms in total. The van der Waals surface area contributed by atoms with E-state index in [0.29, 0.717) is 101 Å². The smallest absolute Gasteiger partial charge is 0.169 e. The zero-order chi connectivity index (χ0) is 43.2. The van der Waals surface area contributed by atoms with Gasteiger partial charge in [0.2, 0.25) is 0 Å². The topological polar surface area (TPSA) is 195 Å². The van der Waals surface area contributed by atoms with Crippen LogP contribution in [0, 0.1) is 68.0 Å². The number of hydrogen-bond acceptors (Lipinski definition) is 9. The highest BCUT2D eigenvalue weighted by Gasteiger charge is 2.31. The number of aromatic nitrogens is 6. The summed E-state index contributed by atoms with van der Waals surface area (Å²) < 4.78 is 5.42. The minimum absolute atomic E-state index is 0.471. The van der Waals surface area contributed by atoms with Crippen LogP contribution in [0.2, 0.25) is 0 Å². The molecule has 0 fully saturated rings. The van der Waals surface area contributed by atoms with Crippen molar-refractivity contribution in [3.63, 3.8) is 0 Å². The molecule has 288 valence electrons. The van der Waals surface area contributed by atoms with E-state index in [1.54, 1.807) is 86.3 Å². The molecule has 63 heavy (non-hydrogen) atoms. The molecule has 12 heteroatoms. The van der Waals surface area contributed by atoms with Crippen LogP contribution in [0.15, 0.2) is 146 Å². The van der Waals surface area contributed by atoms with Gasteiger partial charge in [0.1, 0.15) is 17.1 Å². The Labute approximate surface area is 358 Å². The molecule has 4 aromatic heterocycles. The molecule has 10 aromatic rings. The maximum atomic E-state index is 9.80. The van der Waals surface area contributed by atoms with Crippen molar-refractivity contribution in [1.82, 2.24) is 28.8 Å². The lowest BCUT2D eigenvalue weighted by Gasteiger charge is -2.09. The molecular weight excluding hydrogens is 781 g/mol. The fourth-order valence-corrected chi connectivity index (χ4v) is 7.90. The Hall–Kier alpha value is -10.1. The van der Waals surface area contributed by atoms with Gasteiger partial charge in [-0.15, -0.1) is 0 Å². The molecular formula is C51H24N12. The fraction of sp³-hybridized carbons (Fsp3) is 0. The summed E-state index contributed by atoms with van der Waals surface area (Å²) in [6, 6.07) is 56.4. The summed E-state index contributed by atoms with van der Waals surface area (Å²) >= 11 is 0. The minimum atomic E-state index is 0.471. The Kier molecular flexibility index (Phi) is 8.81. The third-order valence-corrected chi connectivity index (χ3v) is 11.0. The first-order chi connectivity index (χ1) is 30.9. The summed E-state index contributed by atoms with van der Waals surface area (Å²) in [7, 11) is 0. The molecule has 0 saturated carbocycles. The van der Waals surface area contributed by atoms with E-state index >= 15 is 0 Å². The van der Waals surface area contributed by atoms with Crippen LogP contribution >= 0.6 is 0 Å². The summed E-state index contributed by atoms with van der Waals surface area (Å²) in [5.41, 5.74) is 12.5. The Balaban J connectivity index is 1.47. The van der Waals surface area contributed by atoms with Crippen LogP contribution in [0.1, 0.15) is 33.4 Å². The van der Waals surface area contributed by atoms with Gasteiger partial charge in [0, 0.05) is 16.7 Å². The zero-order valence-corrected chi connectivity index (χ0v) is 32.7. The van der Waals surface area contributed by atoms with Crippen molar-refractivity contribution in [2.45, 2.75) is 0 Å². The number of hydrogen-bond donors (Lipinski definition) is 0. The van der Waals surface area contributed by atoms with E-state index in [0.717, 1.165) is 16.7 Å². The van der Waals surface area contributed by atoms with Gasteiger partial charge in [-0.1, -0.05) is 72.8 Å². The Morgan fingerprint density at radius 1 is 0.254 bits per heavy atom. The number of nitrogens with zero attached hydrogens (tertiary/aromatic N) is 12. The van der Waals surface area contributed by atoms with E-state index in [-0.39, 0.29) is 0 Å². The zero-order valence-electron chi connectivity index (χ0n) is 32.7. The third-order valence-electron chi connectivity index (χ3n) is 11.0. The Morgan fingerprint density at radius 2 is 0.429 bits per heavy atom. The predicted octanol–water partition coefficient (Wildman–Crippen LogP) is 9.86. The summed E-state index contributed by atoms with van der Waals surface area (Å²) in [6.07, 6.45) is 0. The molecule has 0 unspecified atom stereocenters. The van der Waals surface area contributed by atoms with E-state index in [1.807, 2.05) is 72.8 Å². The lowest BCUT2D eigenvalue weighted by atomic mass is 9.98. The second kappa shape index (κ2) is 14.9. The quantitative estimate of drug-likeness (QED) is 0.157. The maximum absolute atomic E-state index is 9.80. The molecule has 0 aliphatic rings. The van der Waals surface area contributed by atoms with Gasteiger partial charge >= 0.3 is 0 Å². The molecule has 6 aromatic carbocycles. The van der Waals surface area contributed by atoms with Crippen molar-refractivity contribution < 1.29 is 0 Å². The first kappa shape index (κ1) is 37.2. The molecule has 0 atom stereocenters. The SMILES string of the molecule is N#Cc1ccc(-c2nn3c(c2-c2ccc(C#N)cc2)n2nc(-c4ccc(C#N)cc4)c(-c4ccc(C#N)cc4)c2n2nc(-c4ccc(C#N)cc4)c(-c4ccc(C#N)cc4)c32)cc1. The number of nitriles is 6. The summed E-state index contributed by atoms with van der Waals surface area (Å²) in [5.74, 6) is 0. The van der Waals surface area contributed by atoms with Gasteiger partial charge in [-0.25, -0.2) is 0 Å². The summed E-state index contributed by atoms with van der Waals surface area (Å²) in [5, 5.41) is 74.8. The molecule has 0 aliphatic carbocycles. The van der Waals surface area contributed by atoms with E-state index in [9.17, 15) is 31.6 Å². The van der Waals surface area contributed by atoms with E-state index in [1.165, 1.54) is 0 Å². The van der Waals surface area contributed by atoms with Crippen molar-refractivity contribution >= 4 is 16.9 Å². The molecule has 0 bridgehead atoms. The summed E-state index contributed by atoms with van der Waals surface area (Å²) in [6.45, 7) is 0. The number of fused-ring (bicyclic) bond motifs is 6. The average Bonchev–Trinajstić information content (AvgIpc) is 4.07. The fourth-order valence-electron chi connectivity index (χ4n) is 7.90. The molecule has 0 N–H and O–H groups in total. The van der Waals surface area contributed by atoms with Gasteiger partial charge in [0.05, 0.1) is 86.5 Å². The van der Waals surface area contributed by atoms with Gasteiger partial charge in [-0.3, -0.25) is 0 Å². The third kappa shape index (κ3) is 6.07. The van der Waals surface area contributed by atoms with Gasteiger partial charge in [0.25, 0.3) is 0 Å². The van der Waals surface area contributed by atoms with Gasteiger partial charge in [-0.2, -0.15) is 60.4 Å². The molecule has 0 amide bonds. The summed E-state index contributed by atoms with van der Waals surface area (Å²) in [4.78, 5) is 0. The standard InChI is InChI=1S/C51H24N12/c52-25-31-1-13-37(14-2-31)43-46(40-19-7-34(28-55)8-20-40)58-61-49(43)62-51(44(38-15-3-32(26-53)4-16-38)47(59-62)41-21-9-35(29-56)10-22-41)63-50(61)45(39-17-5-33(27-54)6-18-39)48(60-63)42-23-11-36(30-57)12-24-42/h1-24H. The molecule has 4 heterocycles. The monoisotopic (exact) mass is 804 g/mol. The van der Waals surface area contributed by atoms with E-state index in [4.69, 9.17) is 15.3 Å². The van der Waals surface area contributed by atoms with Crippen LogP contribution in [0.25, 0.3) is 84.1 Å². The van der Waals surface area contributed by atoms with Gasteiger partial charge < -0.3 is 0 Å². The minimum Gasteiger partial charge on any atom is -0.195 e. The van der Waals surface area contributed by atoms with Crippen LogP contribution in [0.5, 0.6) is 0 Å². The molecule has 0 aliphatic heterocycles. The molecule has 0 spiro atoms. The van der Waals surface area contributed by atoms with Crippen molar-refractivity contribution in [2.75, 3.05) is 0 Å². The second-order valence-corrected chi connectivity index (χ2v) is 14.5. The van der Waals surface area contributed by atoms with Crippen LogP contribution in [0.4, 0.5) is 0 Å². The normalized spacial score (nSPS) is 10.8. The largest absolute Gasteiger partial charge is 0.195 e. The van der Waals surface area contributed by atoms with Crippen molar-refractivity contribution in [2.24, 2.45) is 0 Å².